The smallest absolute Gasteiger partial charge is 0.142 e. The largest absolute Gasteiger partial charge is 0.506 e. The third-order valence-corrected chi connectivity index (χ3v) is 5.14. The molecule has 3 heterocycles. The molecule has 0 saturated carbocycles. The number of ether oxygens (including phenoxy) is 2. The molecular weight excluding hydrogens is 316 g/mol. The first kappa shape index (κ1) is 16.4. The first-order chi connectivity index (χ1) is 12.2. The monoisotopic (exact) mass is 340 g/mol. The summed E-state index contributed by atoms with van der Waals surface area (Å²) >= 11 is 0. The molecule has 25 heavy (non-hydrogen) atoms. The molecular formula is C20H24N2O3. The van der Waals surface area contributed by atoms with Crippen molar-refractivity contribution in [2.45, 2.75) is 45.6 Å². The van der Waals surface area contributed by atoms with E-state index in [1.807, 2.05) is 20.0 Å². The fourth-order valence-electron chi connectivity index (χ4n) is 3.81. The molecule has 2 aliphatic heterocycles. The van der Waals surface area contributed by atoms with Crippen molar-refractivity contribution in [2.75, 3.05) is 18.1 Å². The number of rotatable bonds is 4. The fourth-order valence-corrected chi connectivity index (χ4v) is 3.81. The summed E-state index contributed by atoms with van der Waals surface area (Å²) in [4.78, 5) is 6.61. The molecule has 2 aromatic rings. The Bertz CT molecular complexity index is 760. The maximum Gasteiger partial charge on any atom is 0.142 e. The van der Waals surface area contributed by atoms with Crippen molar-refractivity contribution in [1.82, 2.24) is 4.98 Å². The summed E-state index contributed by atoms with van der Waals surface area (Å²) < 4.78 is 11.8. The molecule has 4 rings (SSSR count). The summed E-state index contributed by atoms with van der Waals surface area (Å²) in [5.74, 6) is 0.258. The van der Waals surface area contributed by atoms with E-state index in [9.17, 15) is 5.11 Å². The summed E-state index contributed by atoms with van der Waals surface area (Å²) in [5, 5.41) is 10.2. The molecule has 1 aromatic carbocycles. The van der Waals surface area contributed by atoms with E-state index >= 15 is 0 Å². The van der Waals surface area contributed by atoms with Crippen molar-refractivity contribution >= 4 is 5.69 Å². The number of aryl methyl sites for hydroxylation is 1. The molecule has 2 unspecified atom stereocenters. The standard InChI is InChI=1S/C20H24N2O3/c1-3-24-18-5-4-10-22(18)15-8-6-14(7-9-15)20-16-11-21-13(2)19(23)17(16)12-25-20/h6-9,11,18,20,23H,3-5,10,12H2,1-2H3. The van der Waals surface area contributed by atoms with Crippen molar-refractivity contribution in [1.29, 1.82) is 0 Å². The van der Waals surface area contributed by atoms with E-state index in [2.05, 4.69) is 34.1 Å². The molecule has 132 valence electrons. The minimum absolute atomic E-state index is 0.163. The van der Waals surface area contributed by atoms with Crippen molar-refractivity contribution < 1.29 is 14.6 Å². The molecule has 1 fully saturated rings. The maximum absolute atomic E-state index is 10.2. The van der Waals surface area contributed by atoms with Crippen molar-refractivity contribution in [3.05, 3.63) is 52.8 Å². The van der Waals surface area contributed by atoms with E-state index in [0.29, 0.717) is 12.3 Å². The lowest BCUT2D eigenvalue weighted by atomic mass is 10.00. The van der Waals surface area contributed by atoms with Crippen molar-refractivity contribution in [3.63, 3.8) is 0 Å². The number of hydrogen-bond acceptors (Lipinski definition) is 5. The second-order valence-electron chi connectivity index (χ2n) is 6.65. The third-order valence-electron chi connectivity index (χ3n) is 5.14. The lowest BCUT2D eigenvalue weighted by molar-refractivity contribution is 0.0706. The van der Waals surface area contributed by atoms with Gasteiger partial charge in [0.25, 0.3) is 0 Å². The van der Waals surface area contributed by atoms with Crippen LogP contribution < -0.4 is 4.90 Å². The van der Waals surface area contributed by atoms with Crippen molar-refractivity contribution in [3.8, 4) is 5.75 Å². The van der Waals surface area contributed by atoms with Gasteiger partial charge in [0.1, 0.15) is 18.1 Å². The van der Waals surface area contributed by atoms with Gasteiger partial charge < -0.3 is 19.5 Å². The molecule has 0 bridgehead atoms. The van der Waals surface area contributed by atoms with Crippen LogP contribution in [0.1, 0.15) is 48.3 Å². The summed E-state index contributed by atoms with van der Waals surface area (Å²) in [7, 11) is 0. The second kappa shape index (κ2) is 6.65. The average Bonchev–Trinajstić information content (AvgIpc) is 3.26. The Kier molecular flexibility index (Phi) is 4.36. The molecule has 2 aliphatic rings. The lowest BCUT2D eigenvalue weighted by Gasteiger charge is -2.26. The molecule has 5 nitrogen and oxygen atoms in total. The molecule has 0 amide bonds. The van der Waals surface area contributed by atoms with Crippen LogP contribution in [-0.2, 0) is 16.1 Å². The highest BCUT2D eigenvalue weighted by Crippen LogP contribution is 2.40. The van der Waals surface area contributed by atoms with Crippen LogP contribution in [0.25, 0.3) is 0 Å². The van der Waals surface area contributed by atoms with Crippen LogP contribution in [0.3, 0.4) is 0 Å². The van der Waals surface area contributed by atoms with Gasteiger partial charge in [-0.25, -0.2) is 0 Å². The highest BCUT2D eigenvalue weighted by molar-refractivity contribution is 5.52. The molecule has 0 spiro atoms. The first-order valence-corrected chi connectivity index (χ1v) is 8.96. The van der Waals surface area contributed by atoms with E-state index < -0.39 is 0 Å². The molecule has 2 atom stereocenters. The number of pyridine rings is 1. The number of fused-ring (bicyclic) bond motifs is 1. The Hall–Kier alpha value is -2.11. The van der Waals surface area contributed by atoms with Gasteiger partial charge >= 0.3 is 0 Å². The Morgan fingerprint density at radius 3 is 2.88 bits per heavy atom. The van der Waals surface area contributed by atoms with Crippen LogP contribution in [0.15, 0.2) is 30.5 Å². The minimum atomic E-state index is -0.163. The molecule has 1 aromatic heterocycles. The number of hydrogen-bond donors (Lipinski definition) is 1. The van der Waals surface area contributed by atoms with Gasteiger partial charge in [-0.2, -0.15) is 0 Å². The maximum atomic E-state index is 10.2. The fraction of sp³-hybridized carbons (Fsp3) is 0.450. The average molecular weight is 340 g/mol. The van der Waals surface area contributed by atoms with E-state index in [-0.39, 0.29) is 18.1 Å². The summed E-state index contributed by atoms with van der Waals surface area (Å²) in [6.45, 7) is 6.05. The van der Waals surface area contributed by atoms with E-state index in [0.717, 1.165) is 42.7 Å². The van der Waals surface area contributed by atoms with Gasteiger partial charge in [0.05, 0.1) is 12.3 Å². The Morgan fingerprint density at radius 2 is 2.12 bits per heavy atom. The first-order valence-electron chi connectivity index (χ1n) is 8.96. The van der Waals surface area contributed by atoms with Crippen molar-refractivity contribution in [2.24, 2.45) is 0 Å². The predicted molar refractivity (Wildman–Crippen MR) is 95.7 cm³/mol. The minimum Gasteiger partial charge on any atom is -0.506 e. The van der Waals surface area contributed by atoms with Gasteiger partial charge in [0, 0.05) is 36.2 Å². The number of benzene rings is 1. The number of nitrogens with zero attached hydrogens (tertiary/aromatic N) is 2. The van der Waals surface area contributed by atoms with Crippen LogP contribution in [0.2, 0.25) is 0 Å². The zero-order valence-electron chi connectivity index (χ0n) is 14.7. The van der Waals surface area contributed by atoms with Crippen LogP contribution in [0.4, 0.5) is 5.69 Å². The Morgan fingerprint density at radius 1 is 1.32 bits per heavy atom. The Labute approximate surface area is 148 Å². The molecule has 1 saturated heterocycles. The van der Waals surface area contributed by atoms with E-state index in [1.165, 1.54) is 5.69 Å². The predicted octanol–water partition coefficient (Wildman–Crippen LogP) is 3.68. The van der Waals surface area contributed by atoms with Gasteiger partial charge in [-0.05, 0) is 44.4 Å². The second-order valence-corrected chi connectivity index (χ2v) is 6.65. The Balaban J connectivity index is 1.57. The SMILES string of the molecule is CCOC1CCCN1c1ccc(C2OCc3c2cnc(C)c3O)cc1. The van der Waals surface area contributed by atoms with E-state index in [1.54, 1.807) is 0 Å². The molecule has 0 radical (unpaired) electrons. The third kappa shape index (κ3) is 2.87. The van der Waals surface area contributed by atoms with Gasteiger partial charge in [0.15, 0.2) is 0 Å². The number of anilines is 1. The normalized spacial score (nSPS) is 22.4. The highest BCUT2D eigenvalue weighted by atomic mass is 16.5. The van der Waals surface area contributed by atoms with Crippen LogP contribution in [0.5, 0.6) is 5.75 Å². The van der Waals surface area contributed by atoms with Gasteiger partial charge in [0.2, 0.25) is 0 Å². The molecule has 1 N–H and O–H groups in total. The summed E-state index contributed by atoms with van der Waals surface area (Å²) in [6, 6.07) is 8.48. The topological polar surface area (TPSA) is 54.8 Å². The summed E-state index contributed by atoms with van der Waals surface area (Å²) in [5.41, 5.74) is 4.73. The zero-order chi connectivity index (χ0) is 17.4. The lowest BCUT2D eigenvalue weighted by Crippen LogP contribution is -2.31. The zero-order valence-corrected chi connectivity index (χ0v) is 14.7. The quantitative estimate of drug-likeness (QED) is 0.920. The highest BCUT2D eigenvalue weighted by Gasteiger charge is 2.29. The van der Waals surface area contributed by atoms with Crippen LogP contribution >= 0.6 is 0 Å². The van der Waals surface area contributed by atoms with Gasteiger partial charge in [-0.15, -0.1) is 0 Å². The van der Waals surface area contributed by atoms with Crippen LogP contribution in [0, 0.1) is 6.92 Å². The summed E-state index contributed by atoms with van der Waals surface area (Å²) in [6.07, 6.45) is 4.09. The van der Waals surface area contributed by atoms with Gasteiger partial charge in [-0.3, -0.25) is 4.98 Å². The van der Waals surface area contributed by atoms with E-state index in [4.69, 9.17) is 9.47 Å². The number of aromatic nitrogens is 1. The molecule has 5 heteroatoms. The molecule has 0 aliphatic carbocycles. The number of aromatic hydroxyl groups is 1. The van der Waals surface area contributed by atoms with Crippen LogP contribution in [-0.4, -0.2) is 29.5 Å². The van der Waals surface area contributed by atoms with Gasteiger partial charge in [-0.1, -0.05) is 12.1 Å².